The van der Waals surface area contributed by atoms with Crippen molar-refractivity contribution in [1.82, 2.24) is 0 Å². The summed E-state index contributed by atoms with van der Waals surface area (Å²) >= 11 is 0. The van der Waals surface area contributed by atoms with E-state index in [0.717, 1.165) is 24.3 Å². The fourth-order valence-corrected chi connectivity index (χ4v) is 3.10. The van der Waals surface area contributed by atoms with Gasteiger partial charge >= 0.3 is 0 Å². The molecule has 0 N–H and O–H groups in total. The van der Waals surface area contributed by atoms with E-state index in [1.807, 2.05) is 30.3 Å². The highest BCUT2D eigenvalue weighted by atomic mass is 16.5. The van der Waals surface area contributed by atoms with E-state index in [2.05, 4.69) is 48.5 Å². The van der Waals surface area contributed by atoms with Crippen LogP contribution in [0, 0.1) is 5.92 Å². The van der Waals surface area contributed by atoms with Crippen LogP contribution in [0.25, 0.3) is 0 Å². The molecule has 127 valence electrons. The molecule has 0 saturated heterocycles. The predicted octanol–water partition coefficient (Wildman–Crippen LogP) is 5.11. The largest absolute Gasteiger partial charge is 0.496 e. The van der Waals surface area contributed by atoms with Crippen molar-refractivity contribution in [3.8, 4) is 11.5 Å². The fourth-order valence-electron chi connectivity index (χ4n) is 3.10. The lowest BCUT2D eigenvalue weighted by molar-refractivity contribution is 0.408. The molecule has 0 amide bonds. The van der Waals surface area contributed by atoms with Crippen LogP contribution in [-0.4, -0.2) is 14.2 Å². The summed E-state index contributed by atoms with van der Waals surface area (Å²) in [5.41, 5.74) is 3.64. The molecule has 0 heterocycles. The van der Waals surface area contributed by atoms with Crippen molar-refractivity contribution in [2.75, 3.05) is 14.2 Å². The average molecular weight is 331 g/mol. The van der Waals surface area contributed by atoms with E-state index in [0.29, 0.717) is 0 Å². The molecule has 1 radical (unpaired) electrons. The van der Waals surface area contributed by atoms with Crippen molar-refractivity contribution >= 4 is 0 Å². The minimum atomic E-state index is 0.839. The van der Waals surface area contributed by atoms with Gasteiger partial charge in [-0.3, -0.25) is 0 Å². The summed E-state index contributed by atoms with van der Waals surface area (Å²) in [6.07, 6.45) is 1.68. The van der Waals surface area contributed by atoms with E-state index in [1.165, 1.54) is 22.6 Å². The third-order valence-electron chi connectivity index (χ3n) is 4.37. The highest BCUT2D eigenvalue weighted by Gasteiger charge is 2.18. The van der Waals surface area contributed by atoms with Gasteiger partial charge in [-0.2, -0.15) is 0 Å². The highest BCUT2D eigenvalue weighted by Crippen LogP contribution is 2.31. The third-order valence-corrected chi connectivity index (χ3v) is 4.37. The minimum Gasteiger partial charge on any atom is -0.496 e. The highest BCUT2D eigenvalue weighted by molar-refractivity contribution is 5.44. The van der Waals surface area contributed by atoms with Gasteiger partial charge in [0.05, 0.1) is 14.2 Å². The van der Waals surface area contributed by atoms with Gasteiger partial charge in [-0.05, 0) is 41.7 Å². The summed E-state index contributed by atoms with van der Waals surface area (Å²) < 4.78 is 11.1. The second kappa shape index (κ2) is 8.39. The van der Waals surface area contributed by atoms with Gasteiger partial charge in [-0.1, -0.05) is 66.7 Å². The summed E-state index contributed by atoms with van der Waals surface area (Å²) in [4.78, 5) is 0. The first-order valence-corrected chi connectivity index (χ1v) is 8.45. The van der Waals surface area contributed by atoms with Crippen LogP contribution in [-0.2, 0) is 12.8 Å². The lowest BCUT2D eigenvalue weighted by atomic mass is 9.86. The maximum atomic E-state index is 5.54. The Morgan fingerprint density at radius 3 is 1.52 bits per heavy atom. The van der Waals surface area contributed by atoms with Crippen LogP contribution < -0.4 is 9.47 Å². The van der Waals surface area contributed by atoms with Crippen LogP contribution >= 0.6 is 0 Å². The monoisotopic (exact) mass is 331 g/mol. The number of rotatable bonds is 7. The molecule has 0 aliphatic carbocycles. The Bertz CT molecular complexity index is 746. The molecule has 0 atom stereocenters. The normalized spacial score (nSPS) is 10.7. The van der Waals surface area contributed by atoms with Crippen LogP contribution in [0.2, 0.25) is 0 Å². The van der Waals surface area contributed by atoms with E-state index in [4.69, 9.17) is 9.47 Å². The van der Waals surface area contributed by atoms with Crippen molar-refractivity contribution in [2.45, 2.75) is 12.8 Å². The first-order valence-electron chi connectivity index (χ1n) is 8.45. The summed E-state index contributed by atoms with van der Waals surface area (Å²) in [5, 5.41) is 0. The number of para-hydroxylation sites is 2. The predicted molar refractivity (Wildman–Crippen MR) is 102 cm³/mol. The standard InChI is InChI=1S/C23H23O2/c1-24-22-14-8-6-12-19(22)16-21(18-10-4-3-5-11-18)17-20-13-7-9-15-23(20)25-2/h3-15H,16-17H2,1-2H3. The number of benzene rings is 3. The van der Waals surface area contributed by atoms with Gasteiger partial charge in [0.1, 0.15) is 11.5 Å². The molecule has 0 spiro atoms. The van der Waals surface area contributed by atoms with E-state index in [-0.39, 0.29) is 0 Å². The van der Waals surface area contributed by atoms with Crippen LogP contribution in [0.15, 0.2) is 78.9 Å². The molecule has 3 rings (SSSR count). The van der Waals surface area contributed by atoms with Gasteiger partial charge in [-0.15, -0.1) is 0 Å². The van der Waals surface area contributed by atoms with Gasteiger partial charge < -0.3 is 9.47 Å². The number of ether oxygens (including phenoxy) is 2. The Morgan fingerprint density at radius 1 is 0.600 bits per heavy atom. The number of hydrogen-bond acceptors (Lipinski definition) is 2. The smallest absolute Gasteiger partial charge is 0.122 e. The molecule has 0 aliphatic heterocycles. The van der Waals surface area contributed by atoms with Gasteiger partial charge in [0, 0.05) is 5.92 Å². The summed E-state index contributed by atoms with van der Waals surface area (Å²) in [6.45, 7) is 0. The van der Waals surface area contributed by atoms with Crippen molar-refractivity contribution in [3.63, 3.8) is 0 Å². The Kier molecular flexibility index (Phi) is 5.73. The van der Waals surface area contributed by atoms with Crippen LogP contribution in [0.3, 0.4) is 0 Å². The maximum Gasteiger partial charge on any atom is 0.122 e. The molecule has 0 bridgehead atoms. The first-order chi connectivity index (χ1) is 12.3. The van der Waals surface area contributed by atoms with E-state index in [1.54, 1.807) is 14.2 Å². The zero-order chi connectivity index (χ0) is 17.5. The molecule has 0 saturated carbocycles. The van der Waals surface area contributed by atoms with Crippen LogP contribution in [0.1, 0.15) is 16.7 Å². The Hall–Kier alpha value is -2.74. The van der Waals surface area contributed by atoms with Gasteiger partial charge in [0.15, 0.2) is 0 Å². The van der Waals surface area contributed by atoms with Crippen molar-refractivity contribution in [1.29, 1.82) is 0 Å². The SMILES string of the molecule is COc1ccccc1C[C](Cc1ccccc1OC)c1ccccc1. The summed E-state index contributed by atoms with van der Waals surface area (Å²) in [7, 11) is 3.45. The van der Waals surface area contributed by atoms with Crippen LogP contribution in [0.5, 0.6) is 11.5 Å². The molecular formula is C23H23O2. The zero-order valence-electron chi connectivity index (χ0n) is 14.7. The Labute approximate surface area is 150 Å². The van der Waals surface area contributed by atoms with E-state index >= 15 is 0 Å². The van der Waals surface area contributed by atoms with E-state index in [9.17, 15) is 0 Å². The molecule has 2 nitrogen and oxygen atoms in total. The Morgan fingerprint density at radius 2 is 1.04 bits per heavy atom. The quantitative estimate of drug-likeness (QED) is 0.599. The molecule has 0 unspecified atom stereocenters. The molecule has 0 aromatic heterocycles. The number of methoxy groups -OCH3 is 2. The maximum absolute atomic E-state index is 5.54. The summed E-state index contributed by atoms with van der Waals surface area (Å²) in [6, 6.07) is 27.0. The molecule has 2 heteroatoms. The summed E-state index contributed by atoms with van der Waals surface area (Å²) in [5.74, 6) is 3.20. The van der Waals surface area contributed by atoms with Gasteiger partial charge in [0.25, 0.3) is 0 Å². The van der Waals surface area contributed by atoms with Gasteiger partial charge in [-0.25, -0.2) is 0 Å². The van der Waals surface area contributed by atoms with Crippen molar-refractivity contribution in [2.24, 2.45) is 0 Å². The molecule has 3 aromatic rings. The average Bonchev–Trinajstić information content (AvgIpc) is 2.69. The van der Waals surface area contributed by atoms with Crippen LogP contribution in [0.4, 0.5) is 0 Å². The molecule has 0 fully saturated rings. The Balaban J connectivity index is 1.93. The lowest BCUT2D eigenvalue weighted by Gasteiger charge is -2.20. The van der Waals surface area contributed by atoms with Gasteiger partial charge in [0.2, 0.25) is 0 Å². The minimum absolute atomic E-state index is 0.839. The number of hydrogen-bond donors (Lipinski definition) is 0. The second-order valence-electron chi connectivity index (χ2n) is 5.95. The molecule has 3 aromatic carbocycles. The second-order valence-corrected chi connectivity index (χ2v) is 5.95. The molecule has 0 aliphatic rings. The first kappa shape index (κ1) is 17.1. The lowest BCUT2D eigenvalue weighted by Crippen LogP contribution is -2.09. The van der Waals surface area contributed by atoms with Crippen molar-refractivity contribution in [3.05, 3.63) is 101 Å². The third kappa shape index (κ3) is 4.21. The topological polar surface area (TPSA) is 18.5 Å². The molecule has 25 heavy (non-hydrogen) atoms. The van der Waals surface area contributed by atoms with Crippen molar-refractivity contribution < 1.29 is 9.47 Å². The zero-order valence-corrected chi connectivity index (χ0v) is 14.7. The molecular weight excluding hydrogens is 308 g/mol. The van der Waals surface area contributed by atoms with E-state index < -0.39 is 0 Å². The fraction of sp³-hybridized carbons (Fsp3) is 0.174.